The number of halogens is 1. The monoisotopic (exact) mass is 420 g/mol. The van der Waals surface area contributed by atoms with Gasteiger partial charge in [0, 0.05) is 37.0 Å². The Bertz CT molecular complexity index is 872. The molecule has 2 aromatic carbocycles. The molecule has 0 fully saturated rings. The zero-order valence-electron chi connectivity index (χ0n) is 16.5. The predicted octanol–water partition coefficient (Wildman–Crippen LogP) is 4.37. The number of carboxylic acids is 1. The molecule has 8 heteroatoms. The molecule has 0 bridgehead atoms. The molecule has 2 atom stereocenters. The van der Waals surface area contributed by atoms with E-state index in [1.165, 1.54) is 4.90 Å². The minimum absolute atomic E-state index is 0. The maximum absolute atomic E-state index is 12.4. The van der Waals surface area contributed by atoms with Gasteiger partial charge in [0.2, 0.25) is 0 Å². The van der Waals surface area contributed by atoms with E-state index < -0.39 is 18.0 Å². The van der Waals surface area contributed by atoms with Crippen molar-refractivity contribution in [3.8, 4) is 11.5 Å². The van der Waals surface area contributed by atoms with Crippen LogP contribution in [0.25, 0.3) is 0 Å². The molecule has 0 aliphatic carbocycles. The molecule has 7 nitrogen and oxygen atoms in total. The fourth-order valence-electron chi connectivity index (χ4n) is 3.27. The van der Waals surface area contributed by atoms with Crippen LogP contribution >= 0.6 is 12.4 Å². The number of carboxylic acid groups (broad SMARTS) is 1. The Kier molecular flexibility index (Phi) is 7.34. The van der Waals surface area contributed by atoms with Crippen molar-refractivity contribution in [2.24, 2.45) is 5.92 Å². The van der Waals surface area contributed by atoms with E-state index in [4.69, 9.17) is 14.6 Å². The Hall–Kier alpha value is -2.93. The number of anilines is 2. The zero-order chi connectivity index (χ0) is 20.3. The first-order chi connectivity index (χ1) is 13.4. The molecule has 3 rings (SSSR count). The molecule has 2 unspecified atom stereocenters. The Balaban J connectivity index is 0.00000300. The van der Waals surface area contributed by atoms with E-state index in [1.807, 2.05) is 6.07 Å². The number of carbonyl (C=O) groups is 2. The Morgan fingerprint density at radius 2 is 1.86 bits per heavy atom. The standard InChI is InChI=1S/C21H24N2O5.ClH/c1-13(20(24)25)10-14-12-22-19-11-17(8-9-18(14)19)28-21(26)23(2)15-4-6-16(27-3)7-5-15;/h4-9,11,13-14,22H,10,12H2,1-3H3,(H,24,25);1H. The van der Waals surface area contributed by atoms with Crippen LogP contribution < -0.4 is 19.7 Å². The molecule has 156 valence electrons. The third kappa shape index (κ3) is 5.12. The average molecular weight is 421 g/mol. The quantitative estimate of drug-likeness (QED) is 0.721. The Morgan fingerprint density at radius 3 is 2.48 bits per heavy atom. The van der Waals surface area contributed by atoms with Crippen molar-refractivity contribution in [2.75, 3.05) is 30.9 Å². The van der Waals surface area contributed by atoms with Gasteiger partial charge in [-0.05, 0) is 42.3 Å². The van der Waals surface area contributed by atoms with Gasteiger partial charge < -0.3 is 19.9 Å². The van der Waals surface area contributed by atoms with Crippen LogP contribution in [0.1, 0.15) is 24.8 Å². The van der Waals surface area contributed by atoms with Crippen LogP contribution in [0.5, 0.6) is 11.5 Å². The second kappa shape index (κ2) is 9.52. The number of nitrogens with zero attached hydrogens (tertiary/aromatic N) is 1. The van der Waals surface area contributed by atoms with Crippen molar-refractivity contribution in [3.63, 3.8) is 0 Å². The molecule has 1 aliphatic heterocycles. The maximum Gasteiger partial charge on any atom is 0.419 e. The molecule has 1 aliphatic rings. The lowest BCUT2D eigenvalue weighted by Crippen LogP contribution is -2.29. The third-order valence-electron chi connectivity index (χ3n) is 5.00. The SMILES string of the molecule is COc1ccc(N(C)C(=O)Oc2ccc3c(c2)NCC3CC(C)C(=O)O)cc1.Cl. The summed E-state index contributed by atoms with van der Waals surface area (Å²) in [5.41, 5.74) is 2.62. The highest BCUT2D eigenvalue weighted by Crippen LogP contribution is 2.37. The van der Waals surface area contributed by atoms with Crippen LogP contribution in [0.2, 0.25) is 0 Å². The Morgan fingerprint density at radius 1 is 1.21 bits per heavy atom. The molecule has 29 heavy (non-hydrogen) atoms. The fraction of sp³-hybridized carbons (Fsp3) is 0.333. The minimum Gasteiger partial charge on any atom is -0.497 e. The van der Waals surface area contributed by atoms with Gasteiger partial charge in [0.25, 0.3) is 0 Å². The highest BCUT2D eigenvalue weighted by atomic mass is 35.5. The molecule has 2 N–H and O–H groups in total. The van der Waals surface area contributed by atoms with Crippen LogP contribution in [-0.2, 0) is 4.79 Å². The number of hydrogen-bond donors (Lipinski definition) is 2. The summed E-state index contributed by atoms with van der Waals surface area (Å²) in [5, 5.41) is 12.4. The summed E-state index contributed by atoms with van der Waals surface area (Å²) in [4.78, 5) is 25.0. The summed E-state index contributed by atoms with van der Waals surface area (Å²) >= 11 is 0. The van der Waals surface area contributed by atoms with E-state index in [-0.39, 0.29) is 18.3 Å². The van der Waals surface area contributed by atoms with Crippen molar-refractivity contribution >= 4 is 35.8 Å². The number of rotatable bonds is 6. The number of hydrogen-bond acceptors (Lipinski definition) is 5. The van der Waals surface area contributed by atoms with Crippen molar-refractivity contribution in [1.82, 2.24) is 0 Å². The number of ether oxygens (including phenoxy) is 2. The molecular weight excluding hydrogens is 396 g/mol. The van der Waals surface area contributed by atoms with Crippen LogP contribution in [0.15, 0.2) is 42.5 Å². The van der Waals surface area contributed by atoms with Gasteiger partial charge in [0.1, 0.15) is 11.5 Å². The minimum atomic E-state index is -0.791. The molecule has 0 saturated heterocycles. The summed E-state index contributed by atoms with van der Waals surface area (Å²) in [6.45, 7) is 2.39. The lowest BCUT2D eigenvalue weighted by molar-refractivity contribution is -0.141. The summed E-state index contributed by atoms with van der Waals surface area (Å²) < 4.78 is 10.6. The molecule has 0 radical (unpaired) electrons. The van der Waals surface area contributed by atoms with Gasteiger partial charge in [-0.3, -0.25) is 9.69 Å². The summed E-state index contributed by atoms with van der Waals surface area (Å²) in [6, 6.07) is 12.5. The van der Waals surface area contributed by atoms with Crippen molar-refractivity contribution < 1.29 is 24.2 Å². The van der Waals surface area contributed by atoms with E-state index in [0.717, 1.165) is 11.3 Å². The van der Waals surface area contributed by atoms with Gasteiger partial charge in [-0.1, -0.05) is 13.0 Å². The largest absolute Gasteiger partial charge is 0.497 e. The lowest BCUT2D eigenvalue weighted by atomic mass is 9.91. The first-order valence-corrected chi connectivity index (χ1v) is 9.09. The maximum atomic E-state index is 12.4. The van der Waals surface area contributed by atoms with Crippen molar-refractivity contribution in [3.05, 3.63) is 48.0 Å². The number of fused-ring (bicyclic) bond motifs is 1. The lowest BCUT2D eigenvalue weighted by Gasteiger charge is -2.18. The Labute approximate surface area is 176 Å². The predicted molar refractivity (Wildman–Crippen MR) is 114 cm³/mol. The second-order valence-corrected chi connectivity index (χ2v) is 6.93. The van der Waals surface area contributed by atoms with E-state index in [9.17, 15) is 9.59 Å². The van der Waals surface area contributed by atoms with E-state index in [2.05, 4.69) is 5.32 Å². The molecule has 0 spiro atoms. The van der Waals surface area contributed by atoms with E-state index >= 15 is 0 Å². The molecule has 2 aromatic rings. The number of aliphatic carboxylic acids is 1. The van der Waals surface area contributed by atoms with E-state index in [1.54, 1.807) is 57.5 Å². The summed E-state index contributed by atoms with van der Waals surface area (Å²) in [5.74, 6) is 0.0762. The molecule has 1 amide bonds. The van der Waals surface area contributed by atoms with Gasteiger partial charge in [-0.25, -0.2) is 4.79 Å². The van der Waals surface area contributed by atoms with Gasteiger partial charge >= 0.3 is 12.1 Å². The van der Waals surface area contributed by atoms with Gasteiger partial charge in [-0.15, -0.1) is 12.4 Å². The van der Waals surface area contributed by atoms with Crippen LogP contribution in [0.4, 0.5) is 16.2 Å². The number of carbonyl (C=O) groups excluding carboxylic acids is 1. The first kappa shape index (κ1) is 22.4. The fourth-order valence-corrected chi connectivity index (χ4v) is 3.27. The third-order valence-corrected chi connectivity index (χ3v) is 5.00. The average Bonchev–Trinajstić information content (AvgIpc) is 3.09. The number of methoxy groups -OCH3 is 1. The highest BCUT2D eigenvalue weighted by Gasteiger charge is 2.27. The van der Waals surface area contributed by atoms with Gasteiger partial charge in [0.15, 0.2) is 0 Å². The highest BCUT2D eigenvalue weighted by molar-refractivity contribution is 5.88. The van der Waals surface area contributed by atoms with Crippen molar-refractivity contribution in [2.45, 2.75) is 19.3 Å². The summed E-state index contributed by atoms with van der Waals surface area (Å²) in [7, 11) is 3.22. The van der Waals surface area contributed by atoms with Crippen LogP contribution in [-0.4, -0.2) is 37.9 Å². The number of amides is 1. The topological polar surface area (TPSA) is 88.1 Å². The second-order valence-electron chi connectivity index (χ2n) is 6.93. The van der Waals surface area contributed by atoms with Gasteiger partial charge in [0.05, 0.1) is 13.0 Å². The number of benzene rings is 2. The van der Waals surface area contributed by atoms with E-state index in [0.29, 0.717) is 30.2 Å². The van der Waals surface area contributed by atoms with Crippen LogP contribution in [0, 0.1) is 5.92 Å². The van der Waals surface area contributed by atoms with Crippen LogP contribution in [0.3, 0.4) is 0 Å². The van der Waals surface area contributed by atoms with Gasteiger partial charge in [-0.2, -0.15) is 0 Å². The smallest absolute Gasteiger partial charge is 0.419 e. The zero-order valence-corrected chi connectivity index (χ0v) is 17.4. The normalized spacial score (nSPS) is 15.3. The molecule has 0 saturated carbocycles. The molecule has 1 heterocycles. The number of nitrogens with one attached hydrogen (secondary N) is 1. The summed E-state index contributed by atoms with van der Waals surface area (Å²) in [6.07, 6.45) is 0.0634. The first-order valence-electron chi connectivity index (χ1n) is 9.09. The molecular formula is C21H25ClN2O5. The molecule has 0 aromatic heterocycles. The van der Waals surface area contributed by atoms with Crippen molar-refractivity contribution in [1.29, 1.82) is 0 Å².